The lowest BCUT2D eigenvalue weighted by Crippen LogP contribution is -2.32. The molecule has 7 nitrogen and oxygen atoms in total. The van der Waals surface area contributed by atoms with Gasteiger partial charge in [-0.15, -0.1) is 5.10 Å². The topological polar surface area (TPSA) is 81.1 Å². The van der Waals surface area contributed by atoms with Crippen molar-refractivity contribution in [1.29, 1.82) is 0 Å². The number of amides is 1. The molecule has 2 heterocycles. The van der Waals surface area contributed by atoms with Gasteiger partial charge >= 0.3 is 0 Å². The number of benzene rings is 3. The van der Waals surface area contributed by atoms with Crippen LogP contribution in [-0.4, -0.2) is 27.3 Å². The Morgan fingerprint density at radius 1 is 1.15 bits per heavy atom. The Labute approximate surface area is 257 Å². The van der Waals surface area contributed by atoms with Gasteiger partial charge in [-0.25, -0.2) is 4.68 Å². The van der Waals surface area contributed by atoms with Crippen LogP contribution in [0.3, 0.4) is 0 Å². The van der Waals surface area contributed by atoms with E-state index in [-0.39, 0.29) is 5.91 Å². The zero-order valence-corrected chi connectivity index (χ0v) is 26.5. The first-order chi connectivity index (χ1) is 19.8. The third-order valence-corrected chi connectivity index (χ3v) is 8.72. The summed E-state index contributed by atoms with van der Waals surface area (Å²) in [6.07, 6.45) is 0.855. The van der Waals surface area contributed by atoms with E-state index in [1.54, 1.807) is 4.68 Å². The van der Waals surface area contributed by atoms with Crippen LogP contribution >= 0.6 is 39.3 Å². The summed E-state index contributed by atoms with van der Waals surface area (Å²) in [5, 5.41) is 12.6. The fourth-order valence-electron chi connectivity index (χ4n) is 4.68. The molecule has 212 valence electrons. The minimum Gasteiger partial charge on any atom is -0.493 e. The number of halogens is 2. The van der Waals surface area contributed by atoms with Gasteiger partial charge in [0.1, 0.15) is 11.8 Å². The van der Waals surface area contributed by atoms with Gasteiger partial charge in [-0.1, -0.05) is 76.5 Å². The number of ether oxygens (including phenoxy) is 1. The first-order valence-corrected chi connectivity index (χ1v) is 15.5. The van der Waals surface area contributed by atoms with Crippen LogP contribution < -0.4 is 15.4 Å². The summed E-state index contributed by atoms with van der Waals surface area (Å²) >= 11 is 11.5. The second kappa shape index (κ2) is 12.7. The minimum atomic E-state index is -0.581. The number of nitrogens with zero attached hydrogens (tertiary/aromatic N) is 3. The van der Waals surface area contributed by atoms with Crippen molar-refractivity contribution in [1.82, 2.24) is 14.8 Å². The minimum absolute atomic E-state index is 0.221. The van der Waals surface area contributed by atoms with E-state index in [2.05, 4.69) is 33.5 Å². The Morgan fingerprint density at radius 3 is 2.73 bits per heavy atom. The van der Waals surface area contributed by atoms with E-state index in [0.717, 1.165) is 38.8 Å². The molecule has 2 N–H and O–H groups in total. The third kappa shape index (κ3) is 6.32. The monoisotopic (exact) mass is 651 g/mol. The fraction of sp³-hybridized carbons (Fsp3) is 0.258. The maximum absolute atomic E-state index is 14.1. The molecule has 1 aliphatic rings. The van der Waals surface area contributed by atoms with E-state index in [9.17, 15) is 4.79 Å². The highest BCUT2D eigenvalue weighted by Crippen LogP contribution is 2.42. The van der Waals surface area contributed by atoms with Crippen LogP contribution in [0.25, 0.3) is 0 Å². The number of hydrogen-bond acceptors (Lipinski definition) is 6. The maximum Gasteiger partial charge on any atom is 0.255 e. The molecule has 0 spiro atoms. The number of thioether (sulfide) groups is 1. The summed E-state index contributed by atoms with van der Waals surface area (Å²) in [5.74, 6) is 1.64. The van der Waals surface area contributed by atoms with Crippen molar-refractivity contribution >= 4 is 56.8 Å². The lowest BCUT2D eigenvalue weighted by molar-refractivity contribution is -0.113. The van der Waals surface area contributed by atoms with Crippen LogP contribution in [0.2, 0.25) is 5.02 Å². The van der Waals surface area contributed by atoms with Gasteiger partial charge in [0.15, 0.2) is 0 Å². The van der Waals surface area contributed by atoms with Gasteiger partial charge in [0.2, 0.25) is 11.1 Å². The molecule has 1 unspecified atom stereocenters. The number of carbonyl (C=O) groups excluding carboxylic acids is 1. The molecule has 1 atom stereocenters. The number of aromatic nitrogens is 3. The Balaban J connectivity index is 1.57. The SMILES string of the molecule is CCCOc1ccc(Br)cc1C1C(C(=O)Nc2cccc(C)c2C)=C(C)Nc2nc(SCc3ccccc3Cl)nn21. The smallest absolute Gasteiger partial charge is 0.255 e. The Kier molecular flexibility index (Phi) is 9.06. The van der Waals surface area contributed by atoms with Crippen molar-refractivity contribution in [2.24, 2.45) is 0 Å². The summed E-state index contributed by atoms with van der Waals surface area (Å²) < 4.78 is 8.82. The summed E-state index contributed by atoms with van der Waals surface area (Å²) in [7, 11) is 0. The van der Waals surface area contributed by atoms with Crippen LogP contribution in [0, 0.1) is 13.8 Å². The molecule has 0 fully saturated rings. The second-order valence-corrected chi connectivity index (χ2v) is 12.1. The Hall–Kier alpha value is -3.27. The number of hydrogen-bond donors (Lipinski definition) is 2. The van der Waals surface area contributed by atoms with Gasteiger partial charge < -0.3 is 15.4 Å². The third-order valence-electron chi connectivity index (χ3n) is 6.97. The number of carbonyl (C=O) groups is 1. The molecule has 10 heteroatoms. The van der Waals surface area contributed by atoms with Crippen molar-refractivity contribution in [3.05, 3.63) is 104 Å². The van der Waals surface area contributed by atoms with E-state index >= 15 is 0 Å². The number of nitrogens with one attached hydrogen (secondary N) is 2. The molecule has 0 bridgehead atoms. The van der Waals surface area contributed by atoms with Gasteiger partial charge in [-0.2, -0.15) is 4.98 Å². The summed E-state index contributed by atoms with van der Waals surface area (Å²) in [6, 6.07) is 18.9. The predicted molar refractivity (Wildman–Crippen MR) is 170 cm³/mol. The van der Waals surface area contributed by atoms with Crippen LogP contribution in [0.4, 0.5) is 11.6 Å². The average molecular weight is 653 g/mol. The fourth-order valence-corrected chi connectivity index (χ4v) is 6.18. The van der Waals surface area contributed by atoms with Crippen molar-refractivity contribution in [3.63, 3.8) is 0 Å². The molecule has 0 saturated heterocycles. The average Bonchev–Trinajstić information content (AvgIpc) is 3.36. The molecule has 4 aromatic rings. The van der Waals surface area contributed by atoms with Crippen LogP contribution in [0.5, 0.6) is 5.75 Å². The molecule has 5 rings (SSSR count). The number of rotatable bonds is 9. The molecule has 3 aromatic carbocycles. The molecular weight excluding hydrogens is 622 g/mol. The van der Waals surface area contributed by atoms with Crippen LogP contribution in [0.1, 0.15) is 48.6 Å². The van der Waals surface area contributed by atoms with Crippen molar-refractivity contribution in [3.8, 4) is 5.75 Å². The van der Waals surface area contributed by atoms with E-state index in [1.165, 1.54) is 11.8 Å². The molecule has 41 heavy (non-hydrogen) atoms. The molecule has 1 aromatic heterocycles. The standard InChI is InChI=1S/C31H31BrClN5O2S/c1-5-15-40-26-14-13-22(32)16-23(26)28-27(29(39)35-25-12-8-9-18(2)19(25)3)20(4)34-30-36-31(37-38(28)30)41-17-21-10-6-7-11-24(21)33/h6-14,16,28H,5,15,17H2,1-4H3,(H,35,39)(H,34,36,37). The number of anilines is 2. The van der Waals surface area contributed by atoms with E-state index < -0.39 is 6.04 Å². The number of aryl methyl sites for hydroxylation is 1. The molecule has 1 aliphatic heterocycles. The molecule has 0 aliphatic carbocycles. The Bertz CT molecular complexity index is 1640. The zero-order chi connectivity index (χ0) is 29.1. The second-order valence-electron chi connectivity index (χ2n) is 9.84. The number of allylic oxidation sites excluding steroid dienone is 1. The molecule has 0 radical (unpaired) electrons. The van der Waals surface area contributed by atoms with Gasteiger partial charge in [-0.05, 0) is 74.2 Å². The van der Waals surface area contributed by atoms with Crippen molar-refractivity contribution < 1.29 is 9.53 Å². The molecular formula is C31H31BrClN5O2S. The normalized spacial score (nSPS) is 14.4. The van der Waals surface area contributed by atoms with E-state index in [0.29, 0.717) is 45.5 Å². The van der Waals surface area contributed by atoms with Crippen LogP contribution in [0.15, 0.2) is 81.6 Å². The highest BCUT2D eigenvalue weighted by molar-refractivity contribution is 9.10. The first kappa shape index (κ1) is 29.2. The van der Waals surface area contributed by atoms with Crippen molar-refractivity contribution in [2.75, 3.05) is 17.2 Å². The van der Waals surface area contributed by atoms with Gasteiger partial charge in [0.25, 0.3) is 5.91 Å². The summed E-state index contributed by atoms with van der Waals surface area (Å²) in [4.78, 5) is 18.8. The molecule has 0 saturated carbocycles. The first-order valence-electron chi connectivity index (χ1n) is 13.4. The Morgan fingerprint density at radius 2 is 1.95 bits per heavy atom. The van der Waals surface area contributed by atoms with E-state index in [1.807, 2.05) is 81.4 Å². The number of fused-ring (bicyclic) bond motifs is 1. The highest BCUT2D eigenvalue weighted by Gasteiger charge is 2.36. The predicted octanol–water partition coefficient (Wildman–Crippen LogP) is 8.32. The lowest BCUT2D eigenvalue weighted by Gasteiger charge is -2.30. The summed E-state index contributed by atoms with van der Waals surface area (Å²) in [5.41, 5.74) is 5.94. The summed E-state index contributed by atoms with van der Waals surface area (Å²) in [6.45, 7) is 8.54. The van der Waals surface area contributed by atoms with Gasteiger partial charge in [-0.3, -0.25) is 4.79 Å². The highest BCUT2D eigenvalue weighted by atomic mass is 79.9. The largest absolute Gasteiger partial charge is 0.493 e. The van der Waals surface area contributed by atoms with Gasteiger partial charge in [0, 0.05) is 32.2 Å². The maximum atomic E-state index is 14.1. The van der Waals surface area contributed by atoms with E-state index in [4.69, 9.17) is 26.4 Å². The zero-order valence-electron chi connectivity index (χ0n) is 23.3. The lowest BCUT2D eigenvalue weighted by atomic mass is 9.94. The van der Waals surface area contributed by atoms with Gasteiger partial charge in [0.05, 0.1) is 12.2 Å². The van der Waals surface area contributed by atoms with Crippen LogP contribution in [-0.2, 0) is 10.5 Å². The van der Waals surface area contributed by atoms with Crippen molar-refractivity contribution in [2.45, 2.75) is 51.1 Å². The quantitative estimate of drug-likeness (QED) is 0.177. The molecule has 1 amide bonds.